The SMILES string of the molecule is Cc1ccc2n1C(C)C1OC3(C(C)O)C=Cc4ccc(C)n4C1C23. The molecule has 0 radical (unpaired) electrons. The maximum Gasteiger partial charge on any atom is 0.123 e. The molecule has 2 aromatic rings. The molecule has 24 heavy (non-hydrogen) atoms. The van der Waals surface area contributed by atoms with E-state index in [1.165, 1.54) is 22.8 Å². The Balaban J connectivity index is 1.85. The smallest absolute Gasteiger partial charge is 0.123 e. The standard InChI is InChI=1S/C20H24N2O2/c1-11-6-8-16-17-18-19(13(3)21(11)16)24-20(17,14(4)23)10-9-15-7-5-12(2)22(15)18/h5-10,13-14,17-19,23H,1-4H3. The molecular formula is C20H24N2O2. The summed E-state index contributed by atoms with van der Waals surface area (Å²) in [7, 11) is 0. The number of aromatic nitrogens is 2. The van der Waals surface area contributed by atoms with Gasteiger partial charge < -0.3 is 19.0 Å². The lowest BCUT2D eigenvalue weighted by atomic mass is 9.75. The number of aliphatic hydroxyl groups excluding tert-OH is 1. The third-order valence-corrected chi connectivity index (χ3v) is 6.48. The van der Waals surface area contributed by atoms with Crippen LogP contribution in [-0.2, 0) is 4.74 Å². The maximum atomic E-state index is 10.7. The van der Waals surface area contributed by atoms with E-state index in [2.05, 4.69) is 66.3 Å². The summed E-state index contributed by atoms with van der Waals surface area (Å²) < 4.78 is 11.5. The fraction of sp³-hybridized carbons (Fsp3) is 0.500. The van der Waals surface area contributed by atoms with Gasteiger partial charge in [0.25, 0.3) is 0 Å². The predicted octanol–water partition coefficient (Wildman–Crippen LogP) is 3.35. The molecule has 1 saturated heterocycles. The molecule has 1 fully saturated rings. The van der Waals surface area contributed by atoms with Gasteiger partial charge in [-0.15, -0.1) is 0 Å². The minimum atomic E-state index is -0.659. The van der Waals surface area contributed by atoms with Gasteiger partial charge in [-0.1, -0.05) is 0 Å². The number of rotatable bonds is 1. The van der Waals surface area contributed by atoms with Gasteiger partial charge in [0.1, 0.15) is 11.7 Å². The van der Waals surface area contributed by atoms with Gasteiger partial charge in [-0.25, -0.2) is 0 Å². The highest BCUT2D eigenvalue weighted by molar-refractivity contribution is 5.54. The van der Waals surface area contributed by atoms with E-state index in [4.69, 9.17) is 4.74 Å². The minimum absolute atomic E-state index is 0.0537. The molecule has 0 amide bonds. The highest BCUT2D eigenvalue weighted by Crippen LogP contribution is 2.60. The van der Waals surface area contributed by atoms with Crippen molar-refractivity contribution < 1.29 is 9.84 Å². The van der Waals surface area contributed by atoms with Crippen LogP contribution in [0.15, 0.2) is 30.3 Å². The van der Waals surface area contributed by atoms with E-state index in [0.29, 0.717) is 0 Å². The van der Waals surface area contributed by atoms with Gasteiger partial charge in [0.2, 0.25) is 0 Å². The number of aryl methyl sites for hydroxylation is 2. The zero-order chi connectivity index (χ0) is 16.8. The van der Waals surface area contributed by atoms with E-state index in [1.54, 1.807) is 0 Å². The van der Waals surface area contributed by atoms with Crippen molar-refractivity contribution in [2.75, 3.05) is 0 Å². The van der Waals surface area contributed by atoms with Gasteiger partial charge in [0.05, 0.1) is 24.1 Å². The first-order chi connectivity index (χ1) is 11.5. The van der Waals surface area contributed by atoms with Gasteiger partial charge in [-0.05, 0) is 64.1 Å². The molecule has 0 spiro atoms. The zero-order valence-electron chi connectivity index (χ0n) is 14.6. The molecule has 3 aliphatic heterocycles. The van der Waals surface area contributed by atoms with Crippen molar-refractivity contribution in [2.24, 2.45) is 0 Å². The largest absolute Gasteiger partial charge is 0.390 e. The summed E-state index contributed by atoms with van der Waals surface area (Å²) in [6, 6.07) is 9.24. The minimum Gasteiger partial charge on any atom is -0.390 e. The normalized spacial score (nSPS) is 37.0. The molecule has 1 N–H and O–H groups in total. The number of hydrogen-bond donors (Lipinski definition) is 1. The van der Waals surface area contributed by atoms with Crippen LogP contribution in [0.1, 0.15) is 54.6 Å². The van der Waals surface area contributed by atoms with Crippen molar-refractivity contribution in [3.05, 3.63) is 53.1 Å². The Morgan fingerprint density at radius 1 is 1.12 bits per heavy atom. The van der Waals surface area contributed by atoms with Crippen molar-refractivity contribution >= 4 is 6.08 Å². The number of nitrogens with zero attached hydrogens (tertiary/aromatic N) is 2. The Hall–Kier alpha value is -1.78. The van der Waals surface area contributed by atoms with Crippen LogP contribution in [-0.4, -0.2) is 32.0 Å². The molecule has 4 nitrogen and oxygen atoms in total. The van der Waals surface area contributed by atoms with Gasteiger partial charge in [-0.2, -0.15) is 0 Å². The van der Waals surface area contributed by atoms with Crippen molar-refractivity contribution in [2.45, 2.75) is 63.5 Å². The zero-order valence-corrected chi connectivity index (χ0v) is 14.6. The van der Waals surface area contributed by atoms with Gasteiger partial charge in [-0.3, -0.25) is 0 Å². The van der Waals surface area contributed by atoms with Crippen molar-refractivity contribution in [1.82, 2.24) is 9.13 Å². The molecule has 0 saturated carbocycles. The molecule has 6 atom stereocenters. The lowest BCUT2D eigenvalue weighted by Crippen LogP contribution is -2.44. The second kappa shape index (κ2) is 4.44. The lowest BCUT2D eigenvalue weighted by molar-refractivity contribution is -0.0905. The summed E-state index contributed by atoms with van der Waals surface area (Å²) in [5.74, 6) is 0.121. The third-order valence-electron chi connectivity index (χ3n) is 6.48. The van der Waals surface area contributed by atoms with E-state index >= 15 is 0 Å². The first-order valence-corrected chi connectivity index (χ1v) is 8.86. The van der Waals surface area contributed by atoms with Crippen LogP contribution < -0.4 is 0 Å². The predicted molar refractivity (Wildman–Crippen MR) is 93.1 cm³/mol. The molecule has 126 valence electrons. The van der Waals surface area contributed by atoms with Crippen LogP contribution in [0.25, 0.3) is 6.08 Å². The fourth-order valence-electron chi connectivity index (χ4n) is 5.42. The summed E-state index contributed by atoms with van der Waals surface area (Å²) in [4.78, 5) is 0. The van der Waals surface area contributed by atoms with Crippen LogP contribution in [0.5, 0.6) is 0 Å². The van der Waals surface area contributed by atoms with Crippen LogP contribution in [0.4, 0.5) is 0 Å². The van der Waals surface area contributed by atoms with Crippen LogP contribution in [0.2, 0.25) is 0 Å². The molecule has 5 rings (SSSR count). The Morgan fingerprint density at radius 3 is 2.58 bits per heavy atom. The lowest BCUT2D eigenvalue weighted by Gasteiger charge is -2.39. The molecular weight excluding hydrogens is 300 g/mol. The second-order valence-corrected chi connectivity index (χ2v) is 7.69. The molecule has 2 aromatic heterocycles. The van der Waals surface area contributed by atoms with Gasteiger partial charge in [0.15, 0.2) is 0 Å². The average Bonchev–Trinajstić information content (AvgIpc) is 3.11. The number of ether oxygens (including phenoxy) is 1. The maximum absolute atomic E-state index is 10.7. The Labute approximate surface area is 142 Å². The van der Waals surface area contributed by atoms with Crippen molar-refractivity contribution in [3.63, 3.8) is 0 Å². The number of aliphatic hydroxyl groups is 1. The first kappa shape index (κ1) is 14.6. The second-order valence-electron chi connectivity index (χ2n) is 7.69. The van der Waals surface area contributed by atoms with Crippen LogP contribution in [0.3, 0.4) is 0 Å². The summed E-state index contributed by atoms with van der Waals surface area (Å²) in [5, 5.41) is 10.7. The van der Waals surface area contributed by atoms with E-state index in [1.807, 2.05) is 6.92 Å². The Morgan fingerprint density at radius 2 is 1.83 bits per heavy atom. The quantitative estimate of drug-likeness (QED) is 0.874. The van der Waals surface area contributed by atoms with Crippen molar-refractivity contribution in [1.29, 1.82) is 0 Å². The molecule has 5 heterocycles. The van der Waals surface area contributed by atoms with E-state index in [-0.39, 0.29) is 24.1 Å². The monoisotopic (exact) mass is 324 g/mol. The topological polar surface area (TPSA) is 39.3 Å². The molecule has 3 aliphatic rings. The first-order valence-electron chi connectivity index (χ1n) is 8.86. The van der Waals surface area contributed by atoms with Crippen LogP contribution >= 0.6 is 0 Å². The highest BCUT2D eigenvalue weighted by atomic mass is 16.5. The highest BCUT2D eigenvalue weighted by Gasteiger charge is 2.63. The Kier molecular flexibility index (Phi) is 2.69. The molecule has 4 heteroatoms. The summed E-state index contributed by atoms with van der Waals surface area (Å²) in [5.41, 5.74) is 4.36. The Bertz CT molecular complexity index is 859. The molecule has 4 bridgehead atoms. The molecule has 0 aliphatic carbocycles. The van der Waals surface area contributed by atoms with E-state index in [9.17, 15) is 5.11 Å². The van der Waals surface area contributed by atoms with Gasteiger partial charge in [0, 0.05) is 22.8 Å². The average molecular weight is 324 g/mol. The van der Waals surface area contributed by atoms with E-state index < -0.39 is 11.7 Å². The number of fused-ring (bicyclic) bond motifs is 2. The van der Waals surface area contributed by atoms with Gasteiger partial charge >= 0.3 is 0 Å². The number of hydrogen-bond acceptors (Lipinski definition) is 2. The fourth-order valence-corrected chi connectivity index (χ4v) is 5.42. The molecule has 6 unspecified atom stereocenters. The van der Waals surface area contributed by atoms with Crippen LogP contribution in [0, 0.1) is 13.8 Å². The van der Waals surface area contributed by atoms with E-state index in [0.717, 1.165) is 0 Å². The molecule has 0 aromatic carbocycles. The third kappa shape index (κ3) is 1.47. The van der Waals surface area contributed by atoms with Crippen molar-refractivity contribution in [3.8, 4) is 0 Å². The summed E-state index contributed by atoms with van der Waals surface area (Å²) in [6.45, 7) is 8.42. The summed E-state index contributed by atoms with van der Waals surface area (Å²) in [6.07, 6.45) is 3.72. The summed E-state index contributed by atoms with van der Waals surface area (Å²) >= 11 is 0.